The third-order valence-electron chi connectivity index (χ3n) is 6.11. The summed E-state index contributed by atoms with van der Waals surface area (Å²) in [5.41, 5.74) is 6.71. The molecular formula is C32H39F2N5O. The molecule has 0 atom stereocenters. The number of Topliss-reactive ketones (excluding diaryl/α,β-unsaturated/α-hetero) is 1. The molecule has 2 heterocycles. The Kier molecular flexibility index (Phi) is 12.3. The van der Waals surface area contributed by atoms with Gasteiger partial charge in [0.05, 0.1) is 18.2 Å². The fraction of sp³-hybridized carbons (Fsp3) is 0.312. The molecule has 4 rings (SSSR count). The molecule has 2 aromatic carbocycles. The number of rotatable bonds is 8. The number of imidazole rings is 1. The first-order valence-corrected chi connectivity index (χ1v) is 13.5. The average molecular weight is 548 g/mol. The smallest absolute Gasteiger partial charge is 0.247 e. The predicted octanol–water partition coefficient (Wildman–Crippen LogP) is 9.05. The van der Waals surface area contributed by atoms with Gasteiger partial charge < -0.3 is 10.3 Å². The van der Waals surface area contributed by atoms with Gasteiger partial charge in [0, 0.05) is 30.3 Å². The maximum Gasteiger partial charge on any atom is 0.247 e. The van der Waals surface area contributed by atoms with Crippen LogP contribution in [0.15, 0.2) is 72.8 Å². The van der Waals surface area contributed by atoms with Crippen molar-refractivity contribution in [3.05, 3.63) is 84.0 Å². The molecule has 0 fully saturated rings. The van der Waals surface area contributed by atoms with Crippen molar-refractivity contribution >= 4 is 23.4 Å². The highest BCUT2D eigenvalue weighted by molar-refractivity contribution is 5.97. The van der Waals surface area contributed by atoms with Crippen molar-refractivity contribution in [1.82, 2.24) is 19.9 Å². The third kappa shape index (κ3) is 9.52. The van der Waals surface area contributed by atoms with Crippen LogP contribution in [0.1, 0.15) is 65.5 Å². The van der Waals surface area contributed by atoms with E-state index in [4.69, 9.17) is 0 Å². The normalized spacial score (nSPS) is 11.1. The molecule has 212 valence electrons. The molecule has 0 aliphatic rings. The molecular weight excluding hydrogens is 508 g/mol. The molecule has 0 aliphatic heterocycles. The molecule has 4 aromatic rings. The Labute approximate surface area is 236 Å². The van der Waals surface area contributed by atoms with E-state index in [0.29, 0.717) is 11.6 Å². The topological polar surface area (TPSA) is 83.6 Å². The molecule has 0 amide bonds. The fourth-order valence-electron chi connectivity index (χ4n) is 3.42. The van der Waals surface area contributed by atoms with Crippen LogP contribution in [0.5, 0.6) is 0 Å². The first-order valence-electron chi connectivity index (χ1n) is 13.5. The van der Waals surface area contributed by atoms with Crippen LogP contribution in [0, 0.1) is 6.92 Å². The number of carbonyl (C=O) groups is 1. The van der Waals surface area contributed by atoms with Gasteiger partial charge in [0.1, 0.15) is 5.82 Å². The first-order chi connectivity index (χ1) is 19.1. The number of H-pyrrole nitrogens is 1. The fourth-order valence-corrected chi connectivity index (χ4v) is 3.42. The molecule has 6 nitrogen and oxygen atoms in total. The number of anilines is 2. The number of aryl methyl sites for hydroxylation is 1. The number of aromatic nitrogens is 4. The van der Waals surface area contributed by atoms with E-state index in [1.165, 1.54) is 13.8 Å². The van der Waals surface area contributed by atoms with Crippen molar-refractivity contribution in [2.45, 2.75) is 67.2 Å². The van der Waals surface area contributed by atoms with Crippen molar-refractivity contribution in [2.75, 3.05) is 5.32 Å². The highest BCUT2D eigenvalue weighted by atomic mass is 19.3. The Morgan fingerprint density at radius 2 is 1.65 bits per heavy atom. The van der Waals surface area contributed by atoms with Crippen LogP contribution in [0.3, 0.4) is 0 Å². The summed E-state index contributed by atoms with van der Waals surface area (Å²) >= 11 is 0. The number of ketones is 1. The lowest BCUT2D eigenvalue weighted by Crippen LogP contribution is -2.10. The number of hydrogen-bond donors (Lipinski definition) is 2. The van der Waals surface area contributed by atoms with Crippen LogP contribution in [-0.2, 0) is 4.79 Å². The molecule has 0 saturated heterocycles. The standard InChI is InChI=1S/C25H23N5O.C5H10F2.C2H6/c1-16(18(3)31)12-20-4-5-21(13-17(20)2)25-27-11-10-24(30-25)29-22-8-6-19(7-9-22)23-14-26-15-28-23;1-3-5(6,7)4-2;1-2/h4-15H,1-3H3,(H,26,28)(H,27,29,30);3-4H2,1-2H3;1-2H3/b16-12+;;. The summed E-state index contributed by atoms with van der Waals surface area (Å²) in [7, 11) is 0. The maximum absolute atomic E-state index is 11.9. The van der Waals surface area contributed by atoms with Crippen LogP contribution in [0.25, 0.3) is 28.7 Å². The number of allylic oxidation sites excluding steroid dienone is 1. The molecule has 0 aliphatic carbocycles. The van der Waals surface area contributed by atoms with Gasteiger partial charge in [-0.05, 0) is 73.4 Å². The molecule has 2 N–H and O–H groups in total. The quantitative estimate of drug-likeness (QED) is 0.215. The van der Waals surface area contributed by atoms with Gasteiger partial charge in [-0.15, -0.1) is 0 Å². The number of aromatic amines is 1. The van der Waals surface area contributed by atoms with Crippen molar-refractivity contribution in [3.8, 4) is 22.6 Å². The maximum atomic E-state index is 11.9. The minimum atomic E-state index is -2.42. The Bertz CT molecular complexity index is 1370. The zero-order valence-electron chi connectivity index (χ0n) is 24.3. The van der Waals surface area contributed by atoms with Crippen molar-refractivity contribution < 1.29 is 13.6 Å². The zero-order chi connectivity index (χ0) is 29.7. The van der Waals surface area contributed by atoms with Crippen molar-refractivity contribution in [1.29, 1.82) is 0 Å². The first kappa shape index (κ1) is 32.0. The number of carbonyl (C=O) groups excluding carboxylic acids is 1. The number of alkyl halides is 2. The molecule has 0 saturated carbocycles. The van der Waals surface area contributed by atoms with Gasteiger partial charge in [-0.2, -0.15) is 0 Å². The summed E-state index contributed by atoms with van der Waals surface area (Å²) in [6.07, 6.45) is 7.04. The van der Waals surface area contributed by atoms with Crippen LogP contribution >= 0.6 is 0 Å². The van der Waals surface area contributed by atoms with Crippen LogP contribution in [0.2, 0.25) is 0 Å². The highest BCUT2D eigenvalue weighted by Gasteiger charge is 2.21. The van der Waals surface area contributed by atoms with E-state index in [2.05, 4.69) is 25.3 Å². The Hall–Kier alpha value is -4.20. The highest BCUT2D eigenvalue weighted by Crippen LogP contribution is 2.24. The number of benzene rings is 2. The van der Waals surface area contributed by atoms with Crippen LogP contribution in [-0.4, -0.2) is 31.6 Å². The van der Waals surface area contributed by atoms with E-state index in [1.807, 2.05) is 82.3 Å². The van der Waals surface area contributed by atoms with E-state index in [9.17, 15) is 13.6 Å². The van der Waals surface area contributed by atoms with E-state index >= 15 is 0 Å². The second-order valence-corrected chi connectivity index (χ2v) is 8.95. The molecule has 40 heavy (non-hydrogen) atoms. The molecule has 0 spiro atoms. The molecule has 0 radical (unpaired) electrons. The molecule has 0 bridgehead atoms. The van der Waals surface area contributed by atoms with Gasteiger partial charge in [-0.1, -0.05) is 52.0 Å². The monoisotopic (exact) mass is 547 g/mol. The van der Waals surface area contributed by atoms with Crippen molar-refractivity contribution in [2.24, 2.45) is 0 Å². The lowest BCUT2D eigenvalue weighted by molar-refractivity contribution is -0.113. The lowest BCUT2D eigenvalue weighted by Gasteiger charge is -2.09. The number of nitrogens with zero attached hydrogens (tertiary/aromatic N) is 3. The lowest BCUT2D eigenvalue weighted by atomic mass is 10.0. The average Bonchev–Trinajstić information content (AvgIpc) is 3.51. The second kappa shape index (κ2) is 15.4. The van der Waals surface area contributed by atoms with Gasteiger partial charge in [-0.3, -0.25) is 4.79 Å². The van der Waals surface area contributed by atoms with Crippen LogP contribution < -0.4 is 5.32 Å². The van der Waals surface area contributed by atoms with Gasteiger partial charge >= 0.3 is 0 Å². The number of nitrogens with one attached hydrogen (secondary N) is 2. The van der Waals surface area contributed by atoms with Gasteiger partial charge in [-0.25, -0.2) is 23.7 Å². The van der Waals surface area contributed by atoms with E-state index in [-0.39, 0.29) is 18.6 Å². The largest absolute Gasteiger partial charge is 0.345 e. The number of hydrogen-bond acceptors (Lipinski definition) is 5. The van der Waals surface area contributed by atoms with Crippen molar-refractivity contribution in [3.63, 3.8) is 0 Å². The Morgan fingerprint density at radius 3 is 2.17 bits per heavy atom. The van der Waals surface area contributed by atoms with E-state index in [0.717, 1.165) is 39.2 Å². The minimum Gasteiger partial charge on any atom is -0.345 e. The number of halogens is 2. The zero-order valence-corrected chi connectivity index (χ0v) is 24.3. The molecule has 8 heteroatoms. The summed E-state index contributed by atoms with van der Waals surface area (Å²) < 4.78 is 23.8. The van der Waals surface area contributed by atoms with Gasteiger partial charge in [0.25, 0.3) is 0 Å². The second-order valence-electron chi connectivity index (χ2n) is 8.95. The summed E-state index contributed by atoms with van der Waals surface area (Å²) in [4.78, 5) is 27.8. The van der Waals surface area contributed by atoms with Gasteiger partial charge in [0.2, 0.25) is 5.92 Å². The summed E-state index contributed by atoms with van der Waals surface area (Å²) in [6, 6.07) is 15.9. The Morgan fingerprint density at radius 1 is 1.00 bits per heavy atom. The van der Waals surface area contributed by atoms with E-state index < -0.39 is 5.92 Å². The summed E-state index contributed by atoms with van der Waals surface area (Å²) in [5, 5.41) is 3.33. The van der Waals surface area contributed by atoms with Crippen LogP contribution in [0.4, 0.5) is 20.3 Å². The Balaban J connectivity index is 0.000000545. The minimum absolute atomic E-state index is 0.0382. The SMILES string of the molecule is CC.CC(=O)/C(C)=C/c1ccc(-c2nccc(Nc3ccc(-c4cnc[nH]4)cc3)n2)cc1C.CCC(F)(F)CC. The third-order valence-corrected chi connectivity index (χ3v) is 6.11. The van der Waals surface area contributed by atoms with E-state index in [1.54, 1.807) is 25.6 Å². The molecule has 2 aromatic heterocycles. The summed E-state index contributed by atoms with van der Waals surface area (Å²) in [5.74, 6) is -0.988. The predicted molar refractivity (Wildman–Crippen MR) is 161 cm³/mol. The summed E-state index contributed by atoms with van der Waals surface area (Å²) in [6.45, 7) is 12.4. The molecule has 0 unspecified atom stereocenters. The van der Waals surface area contributed by atoms with Gasteiger partial charge in [0.15, 0.2) is 11.6 Å².